The first-order valence-electron chi connectivity index (χ1n) is 11.5. The zero-order chi connectivity index (χ0) is 23.8. The highest BCUT2D eigenvalue weighted by Gasteiger charge is 2.17. The first kappa shape index (κ1) is 21.2. The Morgan fingerprint density at radius 1 is 0.943 bits per heavy atom. The number of amides is 1. The number of piperazine rings is 1. The number of rotatable bonds is 4. The summed E-state index contributed by atoms with van der Waals surface area (Å²) in [7, 11) is 2.11. The van der Waals surface area contributed by atoms with Gasteiger partial charge < -0.3 is 20.1 Å². The van der Waals surface area contributed by atoms with E-state index in [0.717, 1.165) is 65.2 Å². The van der Waals surface area contributed by atoms with Gasteiger partial charge in [0.2, 0.25) is 0 Å². The van der Waals surface area contributed by atoms with Crippen LogP contribution in [0.2, 0.25) is 0 Å². The third-order valence-corrected chi connectivity index (χ3v) is 6.34. The Morgan fingerprint density at radius 3 is 2.71 bits per heavy atom. The second-order valence-corrected chi connectivity index (χ2v) is 8.74. The molecule has 0 saturated carbocycles. The van der Waals surface area contributed by atoms with Crippen molar-refractivity contribution in [2.75, 3.05) is 43.4 Å². The van der Waals surface area contributed by atoms with Crippen LogP contribution < -0.4 is 10.2 Å². The van der Waals surface area contributed by atoms with Crippen molar-refractivity contribution in [3.63, 3.8) is 0 Å². The lowest BCUT2D eigenvalue weighted by molar-refractivity contribution is 0.102. The van der Waals surface area contributed by atoms with E-state index in [0.29, 0.717) is 11.4 Å². The predicted octanol–water partition coefficient (Wildman–Crippen LogP) is 3.57. The zero-order valence-corrected chi connectivity index (χ0v) is 19.3. The summed E-state index contributed by atoms with van der Waals surface area (Å²) >= 11 is 0. The average Bonchev–Trinajstić information content (AvgIpc) is 3.37. The Labute approximate surface area is 201 Å². The van der Waals surface area contributed by atoms with Gasteiger partial charge in [0.15, 0.2) is 0 Å². The smallest absolute Gasteiger partial charge is 0.257 e. The highest BCUT2D eigenvalue weighted by molar-refractivity contribution is 6.04. The van der Waals surface area contributed by atoms with Gasteiger partial charge in [-0.3, -0.25) is 9.78 Å². The maximum Gasteiger partial charge on any atom is 0.257 e. The highest BCUT2D eigenvalue weighted by Crippen LogP contribution is 2.24. The van der Waals surface area contributed by atoms with Crippen molar-refractivity contribution in [3.05, 3.63) is 72.8 Å². The SMILES string of the molecule is CN1CCN(c2cc(C(=O)Nc3cc4nc(-c5cnc6cc[nH]c6c5)ccc4cn3)ccn2)CC1. The van der Waals surface area contributed by atoms with Gasteiger partial charge in [-0.1, -0.05) is 0 Å². The van der Waals surface area contributed by atoms with Gasteiger partial charge in [0.25, 0.3) is 5.91 Å². The molecule has 9 nitrogen and oxygen atoms in total. The molecule has 1 fully saturated rings. The summed E-state index contributed by atoms with van der Waals surface area (Å²) in [6.07, 6.45) is 7.08. The van der Waals surface area contributed by atoms with E-state index in [4.69, 9.17) is 4.98 Å². The van der Waals surface area contributed by atoms with Crippen LogP contribution in [-0.4, -0.2) is 69.0 Å². The quantitative estimate of drug-likeness (QED) is 0.419. The summed E-state index contributed by atoms with van der Waals surface area (Å²) in [6.45, 7) is 3.73. The van der Waals surface area contributed by atoms with Crippen LogP contribution in [-0.2, 0) is 0 Å². The van der Waals surface area contributed by atoms with Crippen LogP contribution in [0.4, 0.5) is 11.6 Å². The second-order valence-electron chi connectivity index (χ2n) is 8.74. The number of carbonyl (C=O) groups excluding carboxylic acids is 1. The normalized spacial score (nSPS) is 14.5. The molecule has 0 aliphatic carbocycles. The van der Waals surface area contributed by atoms with Crippen LogP contribution >= 0.6 is 0 Å². The van der Waals surface area contributed by atoms with Gasteiger partial charge in [-0.25, -0.2) is 15.0 Å². The molecule has 6 heterocycles. The number of aromatic amines is 1. The average molecular weight is 465 g/mol. The summed E-state index contributed by atoms with van der Waals surface area (Å²) in [6, 6.07) is 13.2. The lowest BCUT2D eigenvalue weighted by Gasteiger charge is -2.33. The van der Waals surface area contributed by atoms with Crippen molar-refractivity contribution < 1.29 is 4.79 Å². The fraction of sp³-hybridized carbons (Fsp3) is 0.192. The summed E-state index contributed by atoms with van der Waals surface area (Å²) in [4.78, 5) is 38.8. The second kappa shape index (κ2) is 8.77. The molecule has 9 heteroatoms. The molecule has 0 atom stereocenters. The maximum absolute atomic E-state index is 13.0. The highest BCUT2D eigenvalue weighted by atomic mass is 16.1. The minimum Gasteiger partial charge on any atom is -0.360 e. The summed E-state index contributed by atoms with van der Waals surface area (Å²) in [5.41, 5.74) is 4.87. The van der Waals surface area contributed by atoms with E-state index >= 15 is 0 Å². The fourth-order valence-corrected chi connectivity index (χ4v) is 4.28. The molecule has 1 amide bonds. The Bertz CT molecular complexity index is 1540. The van der Waals surface area contributed by atoms with E-state index in [1.54, 1.807) is 24.5 Å². The van der Waals surface area contributed by atoms with Crippen LogP contribution in [0.25, 0.3) is 33.2 Å². The molecular weight excluding hydrogens is 440 g/mol. The number of carbonyl (C=O) groups is 1. The number of pyridine rings is 4. The van der Waals surface area contributed by atoms with Gasteiger partial charge in [-0.2, -0.15) is 0 Å². The van der Waals surface area contributed by atoms with Crippen molar-refractivity contribution in [3.8, 4) is 11.3 Å². The molecule has 1 aliphatic rings. The predicted molar refractivity (Wildman–Crippen MR) is 137 cm³/mol. The molecule has 0 unspecified atom stereocenters. The standard InChI is InChI=1S/C26H24N8O/c1-33-8-10-34(11-9-33)25-13-17(4-6-28-25)26(35)32-24-14-22-18(15-30-24)2-3-20(31-22)19-12-23-21(29-16-19)5-7-27-23/h2-7,12-16,27H,8-11H2,1H3,(H,30,32,35). The Morgan fingerprint density at radius 2 is 1.83 bits per heavy atom. The molecule has 2 N–H and O–H groups in total. The van der Waals surface area contributed by atoms with Crippen molar-refractivity contribution in [1.82, 2.24) is 29.8 Å². The number of hydrogen-bond donors (Lipinski definition) is 2. The number of anilines is 2. The molecule has 1 saturated heterocycles. The minimum atomic E-state index is -0.229. The van der Waals surface area contributed by atoms with Gasteiger partial charge in [0.05, 0.1) is 22.2 Å². The molecular formula is C26H24N8O. The molecule has 1 aliphatic heterocycles. The Balaban J connectivity index is 1.24. The third kappa shape index (κ3) is 4.29. The van der Waals surface area contributed by atoms with Gasteiger partial charge in [-0.15, -0.1) is 0 Å². The van der Waals surface area contributed by atoms with E-state index in [9.17, 15) is 4.79 Å². The molecule has 174 valence electrons. The Kier molecular flexibility index (Phi) is 5.31. The first-order chi connectivity index (χ1) is 17.1. The van der Waals surface area contributed by atoms with E-state index in [1.807, 2.05) is 42.7 Å². The number of hydrogen-bond acceptors (Lipinski definition) is 7. The van der Waals surface area contributed by atoms with Gasteiger partial charge >= 0.3 is 0 Å². The fourth-order valence-electron chi connectivity index (χ4n) is 4.28. The van der Waals surface area contributed by atoms with Crippen LogP contribution in [0, 0.1) is 0 Å². The summed E-state index contributed by atoms with van der Waals surface area (Å²) in [5, 5.41) is 3.80. The van der Waals surface area contributed by atoms with Crippen molar-refractivity contribution in [2.24, 2.45) is 0 Å². The van der Waals surface area contributed by atoms with Crippen molar-refractivity contribution in [2.45, 2.75) is 0 Å². The van der Waals surface area contributed by atoms with Crippen LogP contribution in [0.15, 0.2) is 67.3 Å². The monoisotopic (exact) mass is 464 g/mol. The van der Waals surface area contributed by atoms with Crippen LogP contribution in [0.3, 0.4) is 0 Å². The van der Waals surface area contributed by atoms with Crippen molar-refractivity contribution >= 4 is 39.5 Å². The zero-order valence-electron chi connectivity index (χ0n) is 19.3. The number of fused-ring (bicyclic) bond motifs is 2. The van der Waals surface area contributed by atoms with E-state index in [1.165, 1.54) is 0 Å². The number of nitrogens with zero attached hydrogens (tertiary/aromatic N) is 6. The molecule has 5 aromatic heterocycles. The summed E-state index contributed by atoms with van der Waals surface area (Å²) < 4.78 is 0. The molecule has 0 spiro atoms. The molecule has 6 rings (SSSR count). The molecule has 35 heavy (non-hydrogen) atoms. The van der Waals surface area contributed by atoms with Gasteiger partial charge in [0.1, 0.15) is 11.6 Å². The molecule has 0 bridgehead atoms. The molecule has 0 radical (unpaired) electrons. The van der Waals surface area contributed by atoms with Gasteiger partial charge in [-0.05, 0) is 43.4 Å². The summed E-state index contributed by atoms with van der Waals surface area (Å²) in [5.74, 6) is 1.03. The van der Waals surface area contributed by atoms with E-state index < -0.39 is 0 Å². The van der Waals surface area contributed by atoms with Crippen molar-refractivity contribution in [1.29, 1.82) is 0 Å². The number of likely N-dealkylation sites (N-methyl/N-ethyl adjacent to an activating group) is 1. The maximum atomic E-state index is 13.0. The van der Waals surface area contributed by atoms with Gasteiger partial charge in [0, 0.05) is 73.5 Å². The van der Waals surface area contributed by atoms with Crippen LogP contribution in [0.1, 0.15) is 10.4 Å². The van der Waals surface area contributed by atoms with Crippen LogP contribution in [0.5, 0.6) is 0 Å². The molecule has 0 aromatic carbocycles. The minimum absolute atomic E-state index is 0.229. The van der Waals surface area contributed by atoms with E-state index in [-0.39, 0.29) is 5.91 Å². The van der Waals surface area contributed by atoms with E-state index in [2.05, 4.69) is 42.1 Å². The Hall–Kier alpha value is -4.37. The first-order valence-corrected chi connectivity index (χ1v) is 11.5. The number of aromatic nitrogens is 5. The number of nitrogens with one attached hydrogen (secondary N) is 2. The largest absolute Gasteiger partial charge is 0.360 e. The lowest BCUT2D eigenvalue weighted by atomic mass is 10.1. The topological polar surface area (TPSA) is 103 Å². The number of H-pyrrole nitrogens is 1. The molecule has 5 aromatic rings. The third-order valence-electron chi connectivity index (χ3n) is 6.34. The lowest BCUT2D eigenvalue weighted by Crippen LogP contribution is -2.44.